The minimum absolute atomic E-state index is 0.00128. The van der Waals surface area contributed by atoms with Gasteiger partial charge in [-0.2, -0.15) is 0 Å². The number of hydrogen-bond donors (Lipinski definition) is 0. The number of benzene rings is 1. The molecule has 0 N–H and O–H groups in total. The first-order chi connectivity index (χ1) is 13.6. The second kappa shape index (κ2) is 8.33. The van der Waals surface area contributed by atoms with Crippen molar-refractivity contribution < 1.29 is 13.9 Å². The van der Waals surface area contributed by atoms with E-state index in [4.69, 9.17) is 4.74 Å². The molecule has 1 aromatic heterocycles. The first kappa shape index (κ1) is 19.0. The summed E-state index contributed by atoms with van der Waals surface area (Å²) < 4.78 is 20.8. The van der Waals surface area contributed by atoms with Gasteiger partial charge in [-0.25, -0.2) is 9.37 Å². The van der Waals surface area contributed by atoms with Crippen LogP contribution in [0.15, 0.2) is 30.5 Å². The predicted molar refractivity (Wildman–Crippen MR) is 105 cm³/mol. The van der Waals surface area contributed by atoms with Crippen LogP contribution >= 0.6 is 0 Å². The zero-order valence-electron chi connectivity index (χ0n) is 16.4. The molecule has 1 saturated heterocycles. The molecule has 1 amide bonds. The van der Waals surface area contributed by atoms with Crippen LogP contribution in [0.1, 0.15) is 37.2 Å². The lowest BCUT2D eigenvalue weighted by Gasteiger charge is -2.32. The maximum Gasteiger partial charge on any atom is 0.260 e. The molecule has 0 unspecified atom stereocenters. The van der Waals surface area contributed by atoms with Crippen molar-refractivity contribution in [1.29, 1.82) is 0 Å². The number of halogens is 1. The molecule has 1 aromatic carbocycles. The third kappa shape index (κ3) is 4.72. The van der Waals surface area contributed by atoms with E-state index in [2.05, 4.69) is 16.5 Å². The van der Waals surface area contributed by atoms with Crippen molar-refractivity contribution in [2.24, 2.45) is 11.8 Å². The Kier molecular flexibility index (Phi) is 5.64. The van der Waals surface area contributed by atoms with Gasteiger partial charge in [-0.05, 0) is 68.7 Å². The molecule has 6 heteroatoms. The van der Waals surface area contributed by atoms with E-state index in [-0.39, 0.29) is 18.3 Å². The number of aromatic nitrogens is 2. The first-order valence-corrected chi connectivity index (χ1v) is 10.3. The number of carbonyl (C=O) groups excluding carboxylic acids is 1. The van der Waals surface area contributed by atoms with Gasteiger partial charge in [0.25, 0.3) is 5.91 Å². The van der Waals surface area contributed by atoms with Gasteiger partial charge in [0.1, 0.15) is 17.4 Å². The number of aryl methyl sites for hydroxylation is 1. The van der Waals surface area contributed by atoms with E-state index in [9.17, 15) is 9.18 Å². The summed E-state index contributed by atoms with van der Waals surface area (Å²) in [7, 11) is 0. The highest BCUT2D eigenvalue weighted by molar-refractivity contribution is 5.77. The van der Waals surface area contributed by atoms with Crippen molar-refractivity contribution in [2.75, 3.05) is 19.7 Å². The highest BCUT2D eigenvalue weighted by atomic mass is 19.1. The molecular formula is C22H28FN3O2. The minimum Gasteiger partial charge on any atom is -0.484 e. The van der Waals surface area contributed by atoms with Crippen molar-refractivity contribution in [3.05, 3.63) is 47.8 Å². The Morgan fingerprint density at radius 2 is 1.86 bits per heavy atom. The van der Waals surface area contributed by atoms with Gasteiger partial charge in [0.2, 0.25) is 0 Å². The van der Waals surface area contributed by atoms with Gasteiger partial charge in [0.15, 0.2) is 6.61 Å². The highest BCUT2D eigenvalue weighted by Gasteiger charge is 2.27. The second-order valence-corrected chi connectivity index (χ2v) is 8.14. The Bertz CT molecular complexity index is 806. The molecule has 2 heterocycles. The minimum atomic E-state index is -0.311. The molecule has 0 atom stereocenters. The summed E-state index contributed by atoms with van der Waals surface area (Å²) in [6, 6.07) is 5.75. The standard InChI is InChI=1S/C22H28FN3O2/c1-16-13-24-21(26(16)14-18-2-3-18)12-17-8-10-25(11-9-17)22(27)15-28-20-6-4-19(23)5-7-20/h4-7,13,17-18H,2-3,8-12,14-15H2,1H3. The van der Waals surface area contributed by atoms with Crippen LogP contribution in [0.5, 0.6) is 5.75 Å². The lowest BCUT2D eigenvalue weighted by Crippen LogP contribution is -2.41. The van der Waals surface area contributed by atoms with E-state index in [1.807, 2.05) is 11.1 Å². The lowest BCUT2D eigenvalue weighted by atomic mass is 9.93. The van der Waals surface area contributed by atoms with Crippen molar-refractivity contribution in [2.45, 2.75) is 45.6 Å². The summed E-state index contributed by atoms with van der Waals surface area (Å²) >= 11 is 0. The summed E-state index contributed by atoms with van der Waals surface area (Å²) in [5, 5.41) is 0. The van der Waals surface area contributed by atoms with Gasteiger partial charge >= 0.3 is 0 Å². The number of amides is 1. The number of likely N-dealkylation sites (tertiary alicyclic amines) is 1. The zero-order chi connectivity index (χ0) is 19.5. The molecule has 4 rings (SSSR count). The molecule has 0 radical (unpaired) electrons. The Hall–Kier alpha value is -2.37. The molecule has 2 aliphatic rings. The van der Waals surface area contributed by atoms with Gasteiger partial charge in [0, 0.05) is 37.9 Å². The summed E-state index contributed by atoms with van der Waals surface area (Å²) in [5.41, 5.74) is 1.26. The third-order valence-corrected chi connectivity index (χ3v) is 5.89. The van der Waals surface area contributed by atoms with Crippen molar-refractivity contribution in [3.63, 3.8) is 0 Å². The van der Waals surface area contributed by atoms with Crippen LogP contribution < -0.4 is 4.74 Å². The van der Waals surface area contributed by atoms with E-state index in [1.54, 1.807) is 12.1 Å². The van der Waals surface area contributed by atoms with Crippen LogP contribution in [0.4, 0.5) is 4.39 Å². The number of imidazole rings is 1. The van der Waals surface area contributed by atoms with E-state index >= 15 is 0 Å². The van der Waals surface area contributed by atoms with Gasteiger partial charge in [-0.1, -0.05) is 0 Å². The number of ether oxygens (including phenoxy) is 1. The Labute approximate surface area is 165 Å². The van der Waals surface area contributed by atoms with Crippen LogP contribution in [0.25, 0.3) is 0 Å². The quantitative estimate of drug-likeness (QED) is 0.732. The molecule has 0 spiro atoms. The Morgan fingerprint density at radius 1 is 1.14 bits per heavy atom. The maximum atomic E-state index is 12.9. The molecule has 1 aliphatic carbocycles. The average molecular weight is 385 g/mol. The van der Waals surface area contributed by atoms with Crippen molar-refractivity contribution >= 4 is 5.91 Å². The van der Waals surface area contributed by atoms with Gasteiger partial charge < -0.3 is 14.2 Å². The van der Waals surface area contributed by atoms with Crippen molar-refractivity contribution in [3.8, 4) is 5.75 Å². The number of nitrogens with zero attached hydrogens (tertiary/aromatic N) is 3. The Morgan fingerprint density at radius 3 is 2.54 bits per heavy atom. The summed E-state index contributed by atoms with van der Waals surface area (Å²) in [5.74, 6) is 2.81. The van der Waals surface area contributed by atoms with Crippen LogP contribution in [0, 0.1) is 24.6 Å². The largest absolute Gasteiger partial charge is 0.484 e. The molecule has 150 valence electrons. The molecule has 2 aromatic rings. The maximum absolute atomic E-state index is 12.9. The zero-order valence-corrected chi connectivity index (χ0v) is 16.4. The molecule has 2 fully saturated rings. The summed E-state index contributed by atoms with van der Waals surface area (Å²) in [6.45, 7) is 4.78. The summed E-state index contributed by atoms with van der Waals surface area (Å²) in [6.07, 6.45) is 7.67. The predicted octanol–water partition coefficient (Wildman–Crippen LogP) is 3.60. The first-order valence-electron chi connectivity index (χ1n) is 10.3. The van der Waals surface area contributed by atoms with Gasteiger partial charge in [-0.15, -0.1) is 0 Å². The fourth-order valence-electron chi connectivity index (χ4n) is 3.89. The third-order valence-electron chi connectivity index (χ3n) is 5.89. The molecule has 0 bridgehead atoms. The SMILES string of the molecule is Cc1cnc(CC2CCN(C(=O)COc3ccc(F)cc3)CC2)n1CC1CC1. The van der Waals surface area contributed by atoms with E-state index in [1.165, 1.54) is 36.5 Å². The van der Waals surface area contributed by atoms with E-state index in [0.29, 0.717) is 11.7 Å². The van der Waals surface area contributed by atoms with Crippen LogP contribution in [-0.2, 0) is 17.8 Å². The van der Waals surface area contributed by atoms with E-state index in [0.717, 1.165) is 44.8 Å². The topological polar surface area (TPSA) is 47.4 Å². The number of hydrogen-bond acceptors (Lipinski definition) is 3. The van der Waals surface area contributed by atoms with Crippen LogP contribution in [0.2, 0.25) is 0 Å². The Balaban J connectivity index is 1.24. The van der Waals surface area contributed by atoms with E-state index < -0.39 is 0 Å². The fraction of sp³-hybridized carbons (Fsp3) is 0.545. The van der Waals surface area contributed by atoms with Gasteiger partial charge in [-0.3, -0.25) is 4.79 Å². The molecule has 1 aliphatic heterocycles. The second-order valence-electron chi connectivity index (χ2n) is 8.14. The van der Waals surface area contributed by atoms with Gasteiger partial charge in [0.05, 0.1) is 0 Å². The number of carbonyl (C=O) groups is 1. The number of rotatable bonds is 7. The van der Waals surface area contributed by atoms with Crippen molar-refractivity contribution in [1.82, 2.24) is 14.5 Å². The molecular weight excluding hydrogens is 357 g/mol. The average Bonchev–Trinajstić information content (AvgIpc) is 3.47. The lowest BCUT2D eigenvalue weighted by molar-refractivity contribution is -0.134. The fourth-order valence-corrected chi connectivity index (χ4v) is 3.89. The summed E-state index contributed by atoms with van der Waals surface area (Å²) in [4.78, 5) is 18.9. The van der Waals surface area contributed by atoms with Crippen LogP contribution in [0.3, 0.4) is 0 Å². The molecule has 28 heavy (non-hydrogen) atoms. The molecule has 5 nitrogen and oxygen atoms in total. The van der Waals surface area contributed by atoms with Crippen LogP contribution in [-0.4, -0.2) is 40.1 Å². The smallest absolute Gasteiger partial charge is 0.260 e. The highest BCUT2D eigenvalue weighted by Crippen LogP contribution is 2.32. The monoisotopic (exact) mass is 385 g/mol. The molecule has 1 saturated carbocycles. The normalized spacial score (nSPS) is 17.7. The number of piperidine rings is 1.